The molecule has 1 aromatic carbocycles. The second kappa shape index (κ2) is 6.39. The third-order valence-corrected chi connectivity index (χ3v) is 3.75. The third kappa shape index (κ3) is 3.28. The first-order valence-electron chi connectivity index (χ1n) is 6.23. The lowest BCUT2D eigenvalue weighted by Crippen LogP contribution is -2.37. The van der Waals surface area contributed by atoms with Crippen LogP contribution in [0.1, 0.15) is 11.5 Å². The number of carbonyl (C=O) groups excluding carboxylic acids is 1. The molecule has 0 aliphatic carbocycles. The Balaban J connectivity index is 2.01. The predicted octanol–water partition coefficient (Wildman–Crippen LogP) is 2.03. The molecular formula is C14H18BrNO3. The van der Waals surface area contributed by atoms with Gasteiger partial charge in [-0.15, -0.1) is 0 Å². The molecule has 104 valence electrons. The number of nitrogens with zero attached hydrogens (tertiary/aromatic N) is 1. The SMILES string of the molecule is COCC(Br)CN(C)C(=O)C1COc2ccccc21. The van der Waals surface area contributed by atoms with Crippen LogP contribution in [-0.2, 0) is 9.53 Å². The van der Waals surface area contributed by atoms with Crippen LogP contribution in [0, 0.1) is 0 Å². The number of carbonyl (C=O) groups is 1. The van der Waals surface area contributed by atoms with Crippen LogP contribution in [-0.4, -0.2) is 49.6 Å². The molecule has 1 aliphatic rings. The van der Waals surface area contributed by atoms with E-state index < -0.39 is 0 Å². The van der Waals surface area contributed by atoms with Crippen molar-refractivity contribution >= 4 is 21.8 Å². The summed E-state index contributed by atoms with van der Waals surface area (Å²) in [6, 6.07) is 7.72. The van der Waals surface area contributed by atoms with Crippen LogP contribution < -0.4 is 4.74 Å². The summed E-state index contributed by atoms with van der Waals surface area (Å²) in [5.41, 5.74) is 0.984. The molecule has 2 unspecified atom stereocenters. The van der Waals surface area contributed by atoms with Crippen LogP contribution >= 0.6 is 15.9 Å². The van der Waals surface area contributed by atoms with E-state index in [-0.39, 0.29) is 16.7 Å². The third-order valence-electron chi connectivity index (χ3n) is 3.19. The highest BCUT2D eigenvalue weighted by Gasteiger charge is 2.32. The van der Waals surface area contributed by atoms with E-state index in [9.17, 15) is 4.79 Å². The Bertz CT molecular complexity index is 452. The molecular weight excluding hydrogens is 310 g/mol. The molecule has 19 heavy (non-hydrogen) atoms. The maximum atomic E-state index is 12.4. The molecule has 1 amide bonds. The Labute approximate surface area is 121 Å². The molecule has 0 saturated heterocycles. The van der Waals surface area contributed by atoms with E-state index in [4.69, 9.17) is 9.47 Å². The number of amides is 1. The topological polar surface area (TPSA) is 38.8 Å². The van der Waals surface area contributed by atoms with Gasteiger partial charge in [-0.05, 0) is 6.07 Å². The molecule has 1 heterocycles. The molecule has 2 rings (SSSR count). The van der Waals surface area contributed by atoms with Crippen molar-refractivity contribution in [2.24, 2.45) is 0 Å². The minimum Gasteiger partial charge on any atom is -0.492 e. The highest BCUT2D eigenvalue weighted by atomic mass is 79.9. The standard InChI is InChI=1S/C14H18BrNO3/c1-16(7-10(15)8-18-2)14(17)12-9-19-13-6-4-3-5-11(12)13/h3-6,10,12H,7-9H2,1-2H3. The number of hydrogen-bond acceptors (Lipinski definition) is 3. The number of rotatable bonds is 5. The number of halogens is 1. The van der Waals surface area contributed by atoms with Crippen molar-refractivity contribution in [3.8, 4) is 5.75 Å². The van der Waals surface area contributed by atoms with Gasteiger partial charge < -0.3 is 14.4 Å². The van der Waals surface area contributed by atoms with Crippen LogP contribution in [0.25, 0.3) is 0 Å². The predicted molar refractivity (Wildman–Crippen MR) is 76.9 cm³/mol. The molecule has 0 fully saturated rings. The van der Waals surface area contributed by atoms with Gasteiger partial charge in [-0.1, -0.05) is 34.1 Å². The summed E-state index contributed by atoms with van der Waals surface area (Å²) in [7, 11) is 3.46. The van der Waals surface area contributed by atoms with Crippen LogP contribution in [0.15, 0.2) is 24.3 Å². The Hall–Kier alpha value is -1.07. The van der Waals surface area contributed by atoms with Crippen molar-refractivity contribution in [1.29, 1.82) is 0 Å². The van der Waals surface area contributed by atoms with Crippen LogP contribution in [0.3, 0.4) is 0 Å². The average Bonchev–Trinajstić information content (AvgIpc) is 2.81. The minimum absolute atomic E-state index is 0.0884. The molecule has 0 radical (unpaired) electrons. The van der Waals surface area contributed by atoms with Crippen molar-refractivity contribution in [3.63, 3.8) is 0 Å². The summed E-state index contributed by atoms with van der Waals surface area (Å²) in [6.07, 6.45) is 0. The maximum absolute atomic E-state index is 12.4. The van der Waals surface area contributed by atoms with E-state index in [1.807, 2.05) is 31.3 Å². The lowest BCUT2D eigenvalue weighted by molar-refractivity contribution is -0.131. The first kappa shape index (κ1) is 14.3. The van der Waals surface area contributed by atoms with Gasteiger partial charge in [-0.25, -0.2) is 0 Å². The highest BCUT2D eigenvalue weighted by Crippen LogP contribution is 2.34. The Morgan fingerprint density at radius 2 is 2.32 bits per heavy atom. The number of methoxy groups -OCH3 is 1. The molecule has 0 bridgehead atoms. The Morgan fingerprint density at radius 1 is 1.58 bits per heavy atom. The second-order valence-electron chi connectivity index (χ2n) is 4.67. The molecule has 0 saturated carbocycles. The van der Waals surface area contributed by atoms with Crippen molar-refractivity contribution in [1.82, 2.24) is 4.90 Å². The van der Waals surface area contributed by atoms with E-state index in [1.165, 1.54) is 0 Å². The van der Waals surface area contributed by atoms with Crippen LogP contribution in [0.2, 0.25) is 0 Å². The number of benzene rings is 1. The molecule has 0 N–H and O–H groups in total. The first-order chi connectivity index (χ1) is 9.13. The number of fused-ring (bicyclic) bond motifs is 1. The smallest absolute Gasteiger partial charge is 0.233 e. The lowest BCUT2D eigenvalue weighted by Gasteiger charge is -2.23. The van der Waals surface area contributed by atoms with Gasteiger partial charge in [0.25, 0.3) is 0 Å². The normalized spacial score (nSPS) is 18.6. The molecule has 5 heteroatoms. The van der Waals surface area contributed by atoms with E-state index in [2.05, 4.69) is 15.9 Å². The van der Waals surface area contributed by atoms with Gasteiger partial charge in [-0.3, -0.25) is 4.79 Å². The molecule has 4 nitrogen and oxygen atoms in total. The van der Waals surface area contributed by atoms with Crippen molar-refractivity contribution in [2.75, 3.05) is 33.9 Å². The Kier molecular flexibility index (Phi) is 4.82. The molecule has 1 aromatic rings. The fraction of sp³-hybridized carbons (Fsp3) is 0.500. The van der Waals surface area contributed by atoms with Gasteiger partial charge >= 0.3 is 0 Å². The van der Waals surface area contributed by atoms with Gasteiger partial charge in [0, 0.05) is 26.3 Å². The number of hydrogen-bond donors (Lipinski definition) is 0. The zero-order chi connectivity index (χ0) is 13.8. The average molecular weight is 328 g/mol. The molecule has 1 aliphatic heterocycles. The van der Waals surface area contributed by atoms with Gasteiger partial charge in [0.1, 0.15) is 18.3 Å². The summed E-state index contributed by atoms with van der Waals surface area (Å²) < 4.78 is 10.6. The van der Waals surface area contributed by atoms with Gasteiger partial charge in [0.15, 0.2) is 0 Å². The quantitative estimate of drug-likeness (QED) is 0.777. The fourth-order valence-corrected chi connectivity index (χ4v) is 2.95. The summed E-state index contributed by atoms with van der Waals surface area (Å²) >= 11 is 3.50. The van der Waals surface area contributed by atoms with E-state index >= 15 is 0 Å². The zero-order valence-electron chi connectivity index (χ0n) is 11.1. The van der Waals surface area contributed by atoms with Crippen LogP contribution in [0.4, 0.5) is 0 Å². The molecule has 0 spiro atoms. The van der Waals surface area contributed by atoms with E-state index in [0.29, 0.717) is 19.8 Å². The largest absolute Gasteiger partial charge is 0.492 e. The summed E-state index contributed by atoms with van der Waals surface area (Å²) in [5, 5.41) is 0. The Morgan fingerprint density at radius 3 is 3.05 bits per heavy atom. The zero-order valence-corrected chi connectivity index (χ0v) is 12.7. The number of ether oxygens (including phenoxy) is 2. The minimum atomic E-state index is -0.191. The lowest BCUT2D eigenvalue weighted by atomic mass is 10.00. The van der Waals surface area contributed by atoms with Crippen molar-refractivity contribution < 1.29 is 14.3 Å². The van der Waals surface area contributed by atoms with Gasteiger partial charge in [0.05, 0.1) is 11.4 Å². The monoisotopic (exact) mass is 327 g/mol. The summed E-state index contributed by atoms with van der Waals surface area (Å²) in [6.45, 7) is 1.63. The number of likely N-dealkylation sites (N-methyl/N-ethyl adjacent to an activating group) is 1. The molecule has 0 aromatic heterocycles. The summed E-state index contributed by atoms with van der Waals surface area (Å²) in [5.74, 6) is 0.718. The highest BCUT2D eigenvalue weighted by molar-refractivity contribution is 9.09. The second-order valence-corrected chi connectivity index (χ2v) is 5.97. The van der Waals surface area contributed by atoms with E-state index in [1.54, 1.807) is 12.0 Å². The van der Waals surface area contributed by atoms with Gasteiger partial charge in [-0.2, -0.15) is 0 Å². The number of alkyl halides is 1. The first-order valence-corrected chi connectivity index (χ1v) is 7.14. The van der Waals surface area contributed by atoms with Crippen molar-refractivity contribution in [2.45, 2.75) is 10.7 Å². The van der Waals surface area contributed by atoms with Gasteiger partial charge in [0.2, 0.25) is 5.91 Å². The molecule has 2 atom stereocenters. The summed E-state index contributed by atoms with van der Waals surface area (Å²) in [4.78, 5) is 14.3. The number of para-hydroxylation sites is 1. The van der Waals surface area contributed by atoms with Crippen molar-refractivity contribution in [3.05, 3.63) is 29.8 Å². The van der Waals surface area contributed by atoms with E-state index in [0.717, 1.165) is 11.3 Å². The fourth-order valence-electron chi connectivity index (χ4n) is 2.25. The van der Waals surface area contributed by atoms with Crippen LogP contribution in [0.5, 0.6) is 5.75 Å². The maximum Gasteiger partial charge on any atom is 0.233 e.